The van der Waals surface area contributed by atoms with Crippen molar-refractivity contribution in [2.45, 2.75) is 189 Å². The number of methoxy groups -OCH3 is 1. The van der Waals surface area contributed by atoms with Crippen molar-refractivity contribution in [1.82, 2.24) is 0 Å². The van der Waals surface area contributed by atoms with Crippen LogP contribution in [0.4, 0.5) is 0 Å². The Labute approximate surface area is 341 Å². The van der Waals surface area contributed by atoms with Crippen LogP contribution in [0.1, 0.15) is 183 Å². The fraction of sp³-hybridized carbons (Fsp3) is 0.940. The van der Waals surface area contributed by atoms with Gasteiger partial charge in [-0.2, -0.15) is 0 Å². The Morgan fingerprint density at radius 2 is 1.21 bits per heavy atom. The maximum Gasteiger partial charge on any atom is 0.305 e. The van der Waals surface area contributed by atoms with Gasteiger partial charge in [0.2, 0.25) is 0 Å². The molecule has 8 aliphatic carbocycles. The summed E-state index contributed by atoms with van der Waals surface area (Å²) in [5.41, 5.74) is 1.48. The summed E-state index contributed by atoms with van der Waals surface area (Å²) in [4.78, 5) is 36.0. The first-order valence-corrected chi connectivity index (χ1v) is 24.0. The van der Waals surface area contributed by atoms with E-state index in [4.69, 9.17) is 9.84 Å². The zero-order chi connectivity index (χ0) is 40.4. The second-order valence-corrected chi connectivity index (χ2v) is 23.0. The maximum atomic E-state index is 13.3. The van der Waals surface area contributed by atoms with E-state index in [1.165, 1.54) is 90.6 Å². The highest BCUT2D eigenvalue weighted by atomic mass is 16.5. The molecule has 0 radical (unpaired) electrons. The van der Waals surface area contributed by atoms with Gasteiger partial charge in [-0.05, 0) is 202 Å². The van der Waals surface area contributed by atoms with Crippen LogP contribution in [0, 0.1) is 98.6 Å². The zero-order valence-corrected chi connectivity index (χ0v) is 37.0. The molecule has 18 atom stereocenters. The molecule has 0 spiro atoms. The minimum Gasteiger partial charge on any atom is -0.481 e. The van der Waals surface area contributed by atoms with Gasteiger partial charge in [-0.25, -0.2) is 0 Å². The molecule has 6 heteroatoms. The Morgan fingerprint density at radius 3 is 1.82 bits per heavy atom. The molecule has 8 aliphatic rings. The standard InChI is InChI=1S/C26H42O3.C24H40O3/c1-16-10-12-26(4)21-11-13-25(3)19(17(2)6-9-24(28)29-5)7-8-20(25)18(21)15-23(27)22(26)14-16;1-15(4-9-22(26)27)19-7-8-20-18-6-5-16-14-17(25)10-12-23(16,2)21(18)11-13-24(19,20)3/h16-22H,6-15H2,1-5H3;15-21,25H,4-14H2,1-3H3,(H,26,27)/t16-,17-,18?,19?,20?,21?,22?,25-,26-;15-,16?,17-,18?,19?,20?,21?,23+,24-/m11/s1. The van der Waals surface area contributed by atoms with Crippen LogP contribution in [-0.2, 0) is 19.1 Å². The lowest BCUT2D eigenvalue weighted by Crippen LogP contribution is -2.56. The SMILES string of the molecule is COC(=O)CC[C@@H](C)C1CCC2C3CC(=O)C4C[C@H](C)CC[C@]4(C)C3CC[C@@]21C.C[C@H](CCC(=O)O)C1CCC2C3CCC4C[C@H](O)CC[C@]4(C)C3CC[C@@]21C. The second-order valence-electron chi connectivity index (χ2n) is 23.0. The van der Waals surface area contributed by atoms with Gasteiger partial charge in [0.25, 0.3) is 0 Å². The summed E-state index contributed by atoms with van der Waals surface area (Å²) in [7, 11) is 1.49. The Kier molecular flexibility index (Phi) is 12.4. The highest BCUT2D eigenvalue weighted by Gasteiger charge is 2.63. The Hall–Kier alpha value is -1.43. The normalized spacial score (nSPS) is 49.0. The van der Waals surface area contributed by atoms with E-state index in [0.717, 1.165) is 68.1 Å². The van der Waals surface area contributed by atoms with Crippen LogP contribution < -0.4 is 0 Å². The van der Waals surface area contributed by atoms with Crippen molar-refractivity contribution >= 4 is 17.7 Å². The number of esters is 1. The summed E-state index contributed by atoms with van der Waals surface area (Å²) < 4.78 is 4.87. The van der Waals surface area contributed by atoms with Crippen LogP contribution in [0.15, 0.2) is 0 Å². The lowest BCUT2D eigenvalue weighted by molar-refractivity contribution is -0.157. The molecule has 0 bridgehead atoms. The molecule has 6 nitrogen and oxygen atoms in total. The molecule has 0 amide bonds. The lowest BCUT2D eigenvalue weighted by Gasteiger charge is -2.61. The van der Waals surface area contributed by atoms with Gasteiger partial charge >= 0.3 is 11.9 Å². The average molecular weight is 779 g/mol. The Balaban J connectivity index is 0.000000172. The number of ether oxygens (including phenoxy) is 1. The molecule has 2 N–H and O–H groups in total. The molecule has 10 unspecified atom stereocenters. The molecular weight excluding hydrogens is 697 g/mol. The monoisotopic (exact) mass is 779 g/mol. The summed E-state index contributed by atoms with van der Waals surface area (Å²) in [5, 5.41) is 19.3. The Bertz CT molecular complexity index is 1440. The maximum absolute atomic E-state index is 13.3. The number of aliphatic hydroxyl groups excluding tert-OH is 1. The first-order valence-electron chi connectivity index (χ1n) is 24.0. The van der Waals surface area contributed by atoms with Gasteiger partial charge in [-0.15, -0.1) is 0 Å². The van der Waals surface area contributed by atoms with Crippen LogP contribution in [-0.4, -0.2) is 41.1 Å². The predicted molar refractivity (Wildman–Crippen MR) is 222 cm³/mol. The molecule has 0 aromatic rings. The van der Waals surface area contributed by atoms with Crippen molar-refractivity contribution in [1.29, 1.82) is 0 Å². The van der Waals surface area contributed by atoms with Gasteiger partial charge in [0.15, 0.2) is 0 Å². The van der Waals surface area contributed by atoms with Crippen molar-refractivity contribution in [2.24, 2.45) is 98.6 Å². The first kappa shape index (κ1) is 42.7. The van der Waals surface area contributed by atoms with Crippen LogP contribution in [0.2, 0.25) is 0 Å². The molecule has 0 aromatic heterocycles. The van der Waals surface area contributed by atoms with Crippen LogP contribution >= 0.6 is 0 Å². The number of rotatable bonds is 8. The van der Waals surface area contributed by atoms with E-state index in [9.17, 15) is 19.5 Å². The largest absolute Gasteiger partial charge is 0.481 e. The zero-order valence-electron chi connectivity index (χ0n) is 37.0. The van der Waals surface area contributed by atoms with E-state index < -0.39 is 5.97 Å². The summed E-state index contributed by atoms with van der Waals surface area (Å²) in [6.45, 7) is 17.1. The molecule has 8 rings (SSSR count). The van der Waals surface area contributed by atoms with Gasteiger partial charge < -0.3 is 14.9 Å². The number of carboxylic acids is 1. The third-order valence-corrected chi connectivity index (χ3v) is 20.7. The number of fused-ring (bicyclic) bond motifs is 10. The molecular formula is C50H82O6. The molecule has 56 heavy (non-hydrogen) atoms. The van der Waals surface area contributed by atoms with Gasteiger partial charge in [-0.3, -0.25) is 14.4 Å². The number of hydrogen-bond donors (Lipinski definition) is 2. The van der Waals surface area contributed by atoms with E-state index in [1.807, 2.05) is 0 Å². The number of Topliss-reactive ketones (excluding diaryl/α,β-unsaturated/α-hetero) is 1. The smallest absolute Gasteiger partial charge is 0.305 e. The number of aliphatic hydroxyl groups is 1. The van der Waals surface area contributed by atoms with Crippen LogP contribution in [0.25, 0.3) is 0 Å². The number of ketones is 1. The van der Waals surface area contributed by atoms with Gasteiger partial charge in [0.1, 0.15) is 5.78 Å². The molecule has 0 saturated heterocycles. The highest BCUT2D eigenvalue weighted by Crippen LogP contribution is 2.70. The Morgan fingerprint density at radius 1 is 0.679 bits per heavy atom. The molecule has 8 fully saturated rings. The molecule has 0 aliphatic heterocycles. The number of hydrogen-bond acceptors (Lipinski definition) is 5. The van der Waals surface area contributed by atoms with Gasteiger partial charge in [0, 0.05) is 25.2 Å². The topological polar surface area (TPSA) is 101 Å². The van der Waals surface area contributed by atoms with Crippen molar-refractivity contribution < 1.29 is 29.3 Å². The van der Waals surface area contributed by atoms with Crippen LogP contribution in [0.5, 0.6) is 0 Å². The van der Waals surface area contributed by atoms with E-state index in [-0.39, 0.29) is 17.5 Å². The summed E-state index contributed by atoms with van der Waals surface area (Å²) in [6, 6.07) is 0. The third kappa shape index (κ3) is 7.39. The van der Waals surface area contributed by atoms with E-state index in [0.29, 0.717) is 82.2 Å². The number of aliphatic carboxylic acids is 1. The van der Waals surface area contributed by atoms with E-state index >= 15 is 0 Å². The molecule has 0 aromatic carbocycles. The molecule has 318 valence electrons. The van der Waals surface area contributed by atoms with E-state index in [1.54, 1.807) is 0 Å². The number of carbonyl (C=O) groups excluding carboxylic acids is 2. The van der Waals surface area contributed by atoms with Crippen LogP contribution in [0.3, 0.4) is 0 Å². The fourth-order valence-corrected chi connectivity index (χ4v) is 17.6. The van der Waals surface area contributed by atoms with Crippen molar-refractivity contribution in [3.8, 4) is 0 Å². The predicted octanol–water partition coefficient (Wildman–Crippen LogP) is 11.6. The number of carboxylic acid groups (broad SMARTS) is 1. The summed E-state index contributed by atoms with van der Waals surface area (Å²) >= 11 is 0. The number of carbonyl (C=O) groups is 3. The van der Waals surface area contributed by atoms with Crippen molar-refractivity contribution in [2.75, 3.05) is 7.11 Å². The van der Waals surface area contributed by atoms with Gasteiger partial charge in [0.05, 0.1) is 13.2 Å². The minimum atomic E-state index is -0.643. The highest BCUT2D eigenvalue weighted by molar-refractivity contribution is 5.83. The van der Waals surface area contributed by atoms with Crippen molar-refractivity contribution in [3.63, 3.8) is 0 Å². The second kappa shape index (κ2) is 16.2. The first-order chi connectivity index (χ1) is 26.5. The van der Waals surface area contributed by atoms with Gasteiger partial charge in [-0.1, -0.05) is 54.9 Å². The lowest BCUT2D eigenvalue weighted by atomic mass is 9.43. The molecule has 0 heterocycles. The summed E-state index contributed by atoms with van der Waals surface area (Å²) in [6.07, 6.45) is 23.7. The van der Waals surface area contributed by atoms with Crippen molar-refractivity contribution in [3.05, 3.63) is 0 Å². The fourth-order valence-electron chi connectivity index (χ4n) is 17.6. The average Bonchev–Trinajstić information content (AvgIpc) is 3.71. The van der Waals surface area contributed by atoms with E-state index in [2.05, 4.69) is 48.5 Å². The quantitative estimate of drug-likeness (QED) is 0.238. The molecule has 8 saturated carbocycles. The minimum absolute atomic E-state index is 0.0561. The summed E-state index contributed by atoms with van der Waals surface area (Å²) in [5.74, 6) is 8.76. The third-order valence-electron chi connectivity index (χ3n) is 20.7.